The van der Waals surface area contributed by atoms with Crippen LogP contribution in [0.1, 0.15) is 36.9 Å². The summed E-state index contributed by atoms with van der Waals surface area (Å²) in [5, 5.41) is 4.08. The Morgan fingerprint density at radius 1 is 1.00 bits per heavy atom. The molecular weight excluding hydrogens is 366 g/mol. The van der Waals surface area contributed by atoms with Crippen LogP contribution in [0, 0.1) is 5.92 Å². The second-order valence-corrected chi connectivity index (χ2v) is 8.05. The van der Waals surface area contributed by atoms with Crippen molar-refractivity contribution in [2.24, 2.45) is 10.9 Å². The van der Waals surface area contributed by atoms with Gasteiger partial charge < -0.3 is 10.2 Å². The highest BCUT2D eigenvalue weighted by Crippen LogP contribution is 2.39. The molecule has 0 spiro atoms. The molecule has 2 aliphatic rings. The standard InChI is InChI=1S/C24H28ClN3/c1-18-22(20-12-15-26-16-13-20)27-24(25)28(17-14-19-8-4-2-5-9-19)23(18)21-10-6-3-7-11-21/h2-11,20,23,26H,12-17H2,1H3. The zero-order valence-corrected chi connectivity index (χ0v) is 17.2. The molecule has 2 aromatic rings. The number of hydrogen-bond acceptors (Lipinski definition) is 3. The van der Waals surface area contributed by atoms with Gasteiger partial charge in [0.2, 0.25) is 0 Å². The van der Waals surface area contributed by atoms with Gasteiger partial charge in [-0.1, -0.05) is 60.7 Å². The maximum absolute atomic E-state index is 6.80. The van der Waals surface area contributed by atoms with Crippen molar-refractivity contribution in [2.75, 3.05) is 19.6 Å². The van der Waals surface area contributed by atoms with Gasteiger partial charge >= 0.3 is 0 Å². The van der Waals surface area contributed by atoms with E-state index in [1.807, 2.05) is 0 Å². The molecule has 28 heavy (non-hydrogen) atoms. The van der Waals surface area contributed by atoms with E-state index in [0.29, 0.717) is 11.2 Å². The van der Waals surface area contributed by atoms with Crippen molar-refractivity contribution in [3.8, 4) is 0 Å². The lowest BCUT2D eigenvalue weighted by molar-refractivity contribution is 0.337. The van der Waals surface area contributed by atoms with E-state index in [-0.39, 0.29) is 6.04 Å². The second kappa shape index (κ2) is 8.93. The SMILES string of the molecule is CC1=C(C2CCNCC2)N=C(Cl)N(CCc2ccccc2)C1c1ccccc1. The fourth-order valence-electron chi connectivity index (χ4n) is 4.42. The highest BCUT2D eigenvalue weighted by molar-refractivity contribution is 6.64. The molecule has 0 bridgehead atoms. The molecule has 0 saturated carbocycles. The number of piperidine rings is 1. The molecule has 0 radical (unpaired) electrons. The van der Waals surface area contributed by atoms with Crippen molar-refractivity contribution in [2.45, 2.75) is 32.2 Å². The Morgan fingerprint density at radius 2 is 1.64 bits per heavy atom. The lowest BCUT2D eigenvalue weighted by Gasteiger charge is -2.39. The quantitative estimate of drug-likeness (QED) is 0.711. The summed E-state index contributed by atoms with van der Waals surface area (Å²) in [6.45, 7) is 5.21. The summed E-state index contributed by atoms with van der Waals surface area (Å²) in [6.07, 6.45) is 3.21. The molecule has 0 aliphatic carbocycles. The zero-order chi connectivity index (χ0) is 19.3. The molecule has 4 rings (SSSR count). The van der Waals surface area contributed by atoms with Crippen LogP contribution in [0.3, 0.4) is 0 Å². The van der Waals surface area contributed by atoms with Gasteiger partial charge in [-0.15, -0.1) is 0 Å². The van der Waals surface area contributed by atoms with Crippen LogP contribution in [0.2, 0.25) is 0 Å². The number of allylic oxidation sites excluding steroid dienone is 1. The molecule has 1 unspecified atom stereocenters. The molecule has 1 fully saturated rings. The van der Waals surface area contributed by atoms with Crippen LogP contribution in [-0.2, 0) is 6.42 Å². The predicted octanol–water partition coefficient (Wildman–Crippen LogP) is 5.15. The number of rotatable bonds is 5. The van der Waals surface area contributed by atoms with Crippen LogP contribution in [-0.4, -0.2) is 29.8 Å². The lowest BCUT2D eigenvalue weighted by atomic mass is 9.87. The molecule has 2 heterocycles. The normalized spacial score (nSPS) is 21.0. The molecule has 1 saturated heterocycles. The minimum absolute atomic E-state index is 0.153. The number of halogens is 1. The summed E-state index contributed by atoms with van der Waals surface area (Å²) >= 11 is 6.80. The van der Waals surface area contributed by atoms with Gasteiger partial charge in [-0.3, -0.25) is 0 Å². The van der Waals surface area contributed by atoms with Gasteiger partial charge in [0.05, 0.1) is 6.04 Å². The molecule has 2 aliphatic heterocycles. The maximum atomic E-state index is 6.80. The summed E-state index contributed by atoms with van der Waals surface area (Å²) in [5.74, 6) is 0.498. The largest absolute Gasteiger partial charge is 0.336 e. The number of aliphatic imine (C=N–C) groups is 1. The predicted molar refractivity (Wildman–Crippen MR) is 118 cm³/mol. The zero-order valence-electron chi connectivity index (χ0n) is 16.4. The Kier molecular flexibility index (Phi) is 6.13. The summed E-state index contributed by atoms with van der Waals surface area (Å²) in [5.41, 5.74) is 5.16. The average molecular weight is 394 g/mol. The molecular formula is C24H28ClN3. The minimum Gasteiger partial charge on any atom is -0.336 e. The Balaban J connectivity index is 1.65. The topological polar surface area (TPSA) is 27.6 Å². The number of nitrogens with one attached hydrogen (secondary N) is 1. The van der Waals surface area contributed by atoms with Crippen molar-refractivity contribution >= 4 is 16.9 Å². The number of amidine groups is 1. The lowest BCUT2D eigenvalue weighted by Crippen LogP contribution is -2.39. The first-order chi connectivity index (χ1) is 13.7. The maximum Gasteiger partial charge on any atom is 0.199 e. The molecule has 1 atom stereocenters. The van der Waals surface area contributed by atoms with E-state index < -0.39 is 0 Å². The van der Waals surface area contributed by atoms with E-state index in [1.54, 1.807) is 0 Å². The van der Waals surface area contributed by atoms with E-state index in [2.05, 4.69) is 77.8 Å². The third-order valence-corrected chi connectivity index (χ3v) is 6.20. The number of nitrogens with zero attached hydrogens (tertiary/aromatic N) is 2. The van der Waals surface area contributed by atoms with E-state index in [9.17, 15) is 0 Å². The molecule has 0 aromatic heterocycles. The highest BCUT2D eigenvalue weighted by Gasteiger charge is 2.33. The van der Waals surface area contributed by atoms with E-state index in [4.69, 9.17) is 16.6 Å². The first-order valence-electron chi connectivity index (χ1n) is 10.2. The van der Waals surface area contributed by atoms with Gasteiger partial charge in [-0.25, -0.2) is 4.99 Å². The van der Waals surface area contributed by atoms with Crippen molar-refractivity contribution < 1.29 is 0 Å². The molecule has 4 heteroatoms. The third-order valence-electron chi connectivity index (χ3n) is 5.90. The Labute approximate surface area is 173 Å². The fourth-order valence-corrected chi connectivity index (χ4v) is 4.69. The summed E-state index contributed by atoms with van der Waals surface area (Å²) < 4.78 is 0. The highest BCUT2D eigenvalue weighted by atomic mass is 35.5. The Morgan fingerprint density at radius 3 is 2.32 bits per heavy atom. The number of hydrogen-bond donors (Lipinski definition) is 1. The Bertz CT molecular complexity index is 839. The molecule has 146 valence electrons. The van der Waals surface area contributed by atoms with Crippen LogP contribution in [0.15, 0.2) is 76.9 Å². The second-order valence-electron chi connectivity index (χ2n) is 7.72. The van der Waals surface area contributed by atoms with E-state index >= 15 is 0 Å². The average Bonchev–Trinajstić information content (AvgIpc) is 2.76. The molecule has 0 amide bonds. The summed E-state index contributed by atoms with van der Waals surface area (Å²) in [4.78, 5) is 7.18. The van der Waals surface area contributed by atoms with Crippen molar-refractivity contribution in [3.63, 3.8) is 0 Å². The molecule has 2 aromatic carbocycles. The molecule has 3 nitrogen and oxygen atoms in total. The van der Waals surface area contributed by atoms with Crippen LogP contribution in [0.25, 0.3) is 0 Å². The van der Waals surface area contributed by atoms with Gasteiger partial charge in [0, 0.05) is 18.2 Å². The minimum atomic E-state index is 0.153. The first-order valence-corrected chi connectivity index (χ1v) is 10.6. The van der Waals surface area contributed by atoms with Gasteiger partial charge in [0.15, 0.2) is 5.29 Å². The fraction of sp³-hybridized carbons (Fsp3) is 0.375. The first kappa shape index (κ1) is 19.2. The van der Waals surface area contributed by atoms with Crippen LogP contribution in [0.4, 0.5) is 0 Å². The third kappa shape index (κ3) is 4.16. The molecule has 1 N–H and O–H groups in total. The van der Waals surface area contributed by atoms with Gasteiger partial charge in [-0.2, -0.15) is 0 Å². The van der Waals surface area contributed by atoms with Crippen LogP contribution >= 0.6 is 11.6 Å². The smallest absolute Gasteiger partial charge is 0.199 e. The van der Waals surface area contributed by atoms with Crippen molar-refractivity contribution in [1.82, 2.24) is 10.2 Å². The Hall–Kier alpha value is -2.10. The monoisotopic (exact) mass is 393 g/mol. The van der Waals surface area contributed by atoms with Crippen LogP contribution in [0.5, 0.6) is 0 Å². The van der Waals surface area contributed by atoms with Crippen LogP contribution < -0.4 is 5.32 Å². The number of benzene rings is 2. The van der Waals surface area contributed by atoms with Gasteiger partial charge in [-0.05, 0) is 67.6 Å². The van der Waals surface area contributed by atoms with E-state index in [0.717, 1.165) is 38.9 Å². The van der Waals surface area contributed by atoms with Crippen molar-refractivity contribution in [1.29, 1.82) is 0 Å². The summed E-state index contributed by atoms with van der Waals surface area (Å²) in [6, 6.07) is 21.5. The van der Waals surface area contributed by atoms with Gasteiger partial charge in [0.1, 0.15) is 0 Å². The summed E-state index contributed by atoms with van der Waals surface area (Å²) in [7, 11) is 0. The van der Waals surface area contributed by atoms with E-state index in [1.165, 1.54) is 22.4 Å². The van der Waals surface area contributed by atoms with Gasteiger partial charge in [0.25, 0.3) is 0 Å². The van der Waals surface area contributed by atoms with Crippen molar-refractivity contribution in [3.05, 3.63) is 83.1 Å².